The summed E-state index contributed by atoms with van der Waals surface area (Å²) >= 11 is 0. The van der Waals surface area contributed by atoms with E-state index in [4.69, 9.17) is 0 Å². The molecule has 0 aromatic carbocycles. The summed E-state index contributed by atoms with van der Waals surface area (Å²) in [6, 6.07) is 2.40. The summed E-state index contributed by atoms with van der Waals surface area (Å²) in [6.45, 7) is 9.77. The fourth-order valence-electron chi connectivity index (χ4n) is 1.78. The van der Waals surface area contributed by atoms with Gasteiger partial charge in [0, 0.05) is 25.7 Å². The zero-order valence-electron chi connectivity index (χ0n) is 12.3. The maximum Gasteiger partial charge on any atom is 0.133 e. The molecule has 0 saturated heterocycles. The van der Waals surface area contributed by atoms with Crippen LogP contribution in [0.2, 0.25) is 0 Å². The first kappa shape index (κ1) is 14.7. The Balaban J connectivity index is 2.54. The van der Waals surface area contributed by atoms with Crippen LogP contribution >= 0.6 is 0 Å². The van der Waals surface area contributed by atoms with Crippen molar-refractivity contribution in [2.24, 2.45) is 5.92 Å². The Morgan fingerprint density at radius 2 is 1.94 bits per heavy atom. The predicted octanol–water partition coefficient (Wildman–Crippen LogP) is 3.17. The molecule has 0 saturated carbocycles. The first-order chi connectivity index (χ1) is 8.49. The largest absolute Gasteiger partial charge is 0.368 e. The lowest BCUT2D eigenvalue weighted by Gasteiger charge is -2.19. The van der Waals surface area contributed by atoms with Crippen molar-refractivity contribution in [3.8, 4) is 0 Å². The van der Waals surface area contributed by atoms with Crippen LogP contribution in [-0.4, -0.2) is 29.6 Å². The van der Waals surface area contributed by atoms with Gasteiger partial charge in [-0.3, -0.25) is 0 Å². The molecule has 0 spiro atoms. The standard InChI is InChI=1S/C14H26N4/c1-11(2)7-6-8-18(5)14-9-13(15-10-16-14)17-12(3)4/h9-12H,6-8H2,1-5H3,(H,15,16,17). The molecular formula is C14H26N4. The molecule has 0 amide bonds. The predicted molar refractivity (Wildman–Crippen MR) is 78.1 cm³/mol. The molecule has 1 N–H and O–H groups in total. The highest BCUT2D eigenvalue weighted by Gasteiger charge is 2.05. The smallest absolute Gasteiger partial charge is 0.133 e. The van der Waals surface area contributed by atoms with Gasteiger partial charge in [0.25, 0.3) is 0 Å². The van der Waals surface area contributed by atoms with E-state index in [2.05, 4.69) is 54.9 Å². The molecule has 18 heavy (non-hydrogen) atoms. The summed E-state index contributed by atoms with van der Waals surface area (Å²) in [7, 11) is 2.09. The van der Waals surface area contributed by atoms with Gasteiger partial charge in [0.1, 0.15) is 18.0 Å². The SMILES string of the molecule is CC(C)CCCN(C)c1cc(NC(C)C)ncn1. The van der Waals surface area contributed by atoms with Gasteiger partial charge >= 0.3 is 0 Å². The Kier molecular flexibility index (Phi) is 5.89. The van der Waals surface area contributed by atoms with Crippen LogP contribution in [0.15, 0.2) is 12.4 Å². The highest BCUT2D eigenvalue weighted by Crippen LogP contribution is 2.14. The Hall–Kier alpha value is -1.32. The number of aromatic nitrogens is 2. The van der Waals surface area contributed by atoms with Crippen LogP contribution in [0.4, 0.5) is 11.6 Å². The minimum Gasteiger partial charge on any atom is -0.368 e. The lowest BCUT2D eigenvalue weighted by molar-refractivity contribution is 0.555. The summed E-state index contributed by atoms with van der Waals surface area (Å²) in [6.07, 6.45) is 4.08. The summed E-state index contributed by atoms with van der Waals surface area (Å²) in [5.41, 5.74) is 0. The molecule has 1 rings (SSSR count). The van der Waals surface area contributed by atoms with Gasteiger partial charge in [0.2, 0.25) is 0 Å². The van der Waals surface area contributed by atoms with E-state index in [0.29, 0.717) is 6.04 Å². The molecular weight excluding hydrogens is 224 g/mol. The van der Waals surface area contributed by atoms with Crippen LogP contribution in [0.3, 0.4) is 0 Å². The Morgan fingerprint density at radius 3 is 2.56 bits per heavy atom. The Labute approximate surface area is 111 Å². The second-order valence-electron chi connectivity index (χ2n) is 5.52. The first-order valence-electron chi connectivity index (χ1n) is 6.78. The maximum absolute atomic E-state index is 4.32. The molecule has 0 aliphatic heterocycles. The fraction of sp³-hybridized carbons (Fsp3) is 0.714. The average Bonchev–Trinajstić information content (AvgIpc) is 2.27. The zero-order valence-corrected chi connectivity index (χ0v) is 12.3. The van der Waals surface area contributed by atoms with Crippen LogP contribution < -0.4 is 10.2 Å². The number of nitrogens with one attached hydrogen (secondary N) is 1. The lowest BCUT2D eigenvalue weighted by Crippen LogP contribution is -2.21. The van der Waals surface area contributed by atoms with Gasteiger partial charge in [-0.25, -0.2) is 9.97 Å². The van der Waals surface area contributed by atoms with Crippen molar-refractivity contribution >= 4 is 11.6 Å². The van der Waals surface area contributed by atoms with Crippen LogP contribution in [-0.2, 0) is 0 Å². The topological polar surface area (TPSA) is 41.0 Å². The molecule has 0 aliphatic carbocycles. The highest BCUT2D eigenvalue weighted by molar-refractivity contribution is 5.48. The number of rotatable bonds is 7. The van der Waals surface area contributed by atoms with E-state index in [-0.39, 0.29) is 0 Å². The average molecular weight is 250 g/mol. The fourth-order valence-corrected chi connectivity index (χ4v) is 1.78. The maximum atomic E-state index is 4.32. The third-order valence-corrected chi connectivity index (χ3v) is 2.76. The van der Waals surface area contributed by atoms with Crippen LogP contribution in [0.25, 0.3) is 0 Å². The van der Waals surface area contributed by atoms with Crippen molar-refractivity contribution < 1.29 is 0 Å². The molecule has 1 aromatic heterocycles. The van der Waals surface area contributed by atoms with Crippen LogP contribution in [0, 0.1) is 5.92 Å². The van der Waals surface area contributed by atoms with Gasteiger partial charge in [0.05, 0.1) is 0 Å². The van der Waals surface area contributed by atoms with E-state index in [0.717, 1.165) is 24.1 Å². The van der Waals surface area contributed by atoms with Gasteiger partial charge in [-0.15, -0.1) is 0 Å². The summed E-state index contributed by atoms with van der Waals surface area (Å²) in [5, 5.41) is 3.30. The van der Waals surface area contributed by atoms with Gasteiger partial charge < -0.3 is 10.2 Å². The van der Waals surface area contributed by atoms with Gasteiger partial charge in [-0.1, -0.05) is 13.8 Å². The van der Waals surface area contributed by atoms with E-state index >= 15 is 0 Å². The van der Waals surface area contributed by atoms with Crippen molar-refractivity contribution in [2.45, 2.75) is 46.6 Å². The molecule has 102 valence electrons. The highest BCUT2D eigenvalue weighted by atomic mass is 15.2. The molecule has 0 unspecified atom stereocenters. The third-order valence-electron chi connectivity index (χ3n) is 2.76. The third kappa shape index (κ3) is 5.34. The molecule has 4 heteroatoms. The van der Waals surface area contributed by atoms with Gasteiger partial charge in [0.15, 0.2) is 0 Å². The van der Waals surface area contributed by atoms with Crippen LogP contribution in [0.1, 0.15) is 40.5 Å². The normalized spacial score (nSPS) is 11.1. The molecule has 0 bridgehead atoms. The molecule has 0 fully saturated rings. The van der Waals surface area contributed by atoms with Crippen molar-refractivity contribution in [3.05, 3.63) is 12.4 Å². The van der Waals surface area contributed by atoms with E-state index in [1.807, 2.05) is 6.07 Å². The van der Waals surface area contributed by atoms with E-state index in [1.165, 1.54) is 12.8 Å². The number of anilines is 2. The minimum atomic E-state index is 0.388. The van der Waals surface area contributed by atoms with Crippen molar-refractivity contribution in [2.75, 3.05) is 23.8 Å². The Bertz CT molecular complexity index is 349. The molecule has 1 aromatic rings. The molecule has 4 nitrogen and oxygen atoms in total. The first-order valence-corrected chi connectivity index (χ1v) is 6.78. The number of nitrogens with zero attached hydrogens (tertiary/aromatic N) is 3. The van der Waals surface area contributed by atoms with E-state index in [9.17, 15) is 0 Å². The summed E-state index contributed by atoms with van der Waals surface area (Å²) < 4.78 is 0. The second kappa shape index (κ2) is 7.19. The second-order valence-corrected chi connectivity index (χ2v) is 5.52. The van der Waals surface area contributed by atoms with Crippen LogP contribution in [0.5, 0.6) is 0 Å². The van der Waals surface area contributed by atoms with Crippen molar-refractivity contribution in [1.82, 2.24) is 9.97 Å². The molecule has 1 heterocycles. The zero-order chi connectivity index (χ0) is 13.5. The summed E-state index contributed by atoms with van der Waals surface area (Å²) in [4.78, 5) is 10.7. The summed E-state index contributed by atoms with van der Waals surface area (Å²) in [5.74, 6) is 2.64. The number of hydrogen-bond acceptors (Lipinski definition) is 4. The van der Waals surface area contributed by atoms with E-state index in [1.54, 1.807) is 6.33 Å². The van der Waals surface area contributed by atoms with Gasteiger partial charge in [-0.05, 0) is 32.6 Å². The Morgan fingerprint density at radius 1 is 1.22 bits per heavy atom. The van der Waals surface area contributed by atoms with Gasteiger partial charge in [-0.2, -0.15) is 0 Å². The van der Waals surface area contributed by atoms with Crippen molar-refractivity contribution in [3.63, 3.8) is 0 Å². The number of hydrogen-bond donors (Lipinski definition) is 1. The van der Waals surface area contributed by atoms with Crippen molar-refractivity contribution in [1.29, 1.82) is 0 Å². The minimum absolute atomic E-state index is 0.388. The molecule has 0 aliphatic rings. The van der Waals surface area contributed by atoms with E-state index < -0.39 is 0 Å². The lowest BCUT2D eigenvalue weighted by atomic mass is 10.1. The molecule has 0 atom stereocenters. The molecule has 0 radical (unpaired) electrons. The monoisotopic (exact) mass is 250 g/mol. The quantitative estimate of drug-likeness (QED) is 0.807.